The number of rotatable bonds is 7. The number of aliphatic hydroxyl groups is 2. The number of carbonyl (C=O) groups is 1. The first-order valence-electron chi connectivity index (χ1n) is 5.14. The Kier molecular flexibility index (Phi) is 7.42. The molecule has 0 aromatic carbocycles. The third-order valence-electron chi connectivity index (χ3n) is 2.36. The molecule has 0 fully saturated rings. The van der Waals surface area contributed by atoms with E-state index in [4.69, 9.17) is 10.2 Å². The third-order valence-corrected chi connectivity index (χ3v) is 2.36. The zero-order chi connectivity index (χ0) is 11.0. The van der Waals surface area contributed by atoms with Gasteiger partial charge >= 0.3 is 0 Å². The summed E-state index contributed by atoms with van der Waals surface area (Å²) in [4.78, 5) is 12.9. The molecule has 0 spiro atoms. The van der Waals surface area contributed by atoms with Crippen LogP contribution >= 0.6 is 0 Å². The van der Waals surface area contributed by atoms with E-state index in [1.807, 2.05) is 0 Å². The first-order chi connectivity index (χ1) is 6.67. The van der Waals surface area contributed by atoms with Gasteiger partial charge in [0, 0.05) is 13.5 Å². The van der Waals surface area contributed by atoms with Crippen LogP contribution in [0.3, 0.4) is 0 Å². The maximum absolute atomic E-state index is 11.5. The minimum atomic E-state index is -0.455. The molecule has 1 amide bonds. The molecular weight excluding hydrogens is 182 g/mol. The van der Waals surface area contributed by atoms with Crippen LogP contribution in [0.1, 0.15) is 32.6 Å². The fourth-order valence-corrected chi connectivity index (χ4v) is 1.21. The van der Waals surface area contributed by atoms with Crippen LogP contribution in [0, 0.1) is 0 Å². The lowest BCUT2D eigenvalue weighted by molar-refractivity contribution is -0.133. The summed E-state index contributed by atoms with van der Waals surface area (Å²) in [6.07, 6.45) is 3.51. The van der Waals surface area contributed by atoms with Crippen molar-refractivity contribution in [1.82, 2.24) is 4.90 Å². The normalized spacial score (nSPS) is 10.6. The second kappa shape index (κ2) is 7.76. The van der Waals surface area contributed by atoms with E-state index in [0.29, 0.717) is 6.42 Å². The van der Waals surface area contributed by atoms with Gasteiger partial charge in [-0.25, -0.2) is 0 Å². The zero-order valence-corrected chi connectivity index (χ0v) is 9.07. The highest BCUT2D eigenvalue weighted by Gasteiger charge is 2.17. The van der Waals surface area contributed by atoms with Crippen molar-refractivity contribution in [2.24, 2.45) is 0 Å². The lowest BCUT2D eigenvalue weighted by Gasteiger charge is -2.24. The Morgan fingerprint density at radius 1 is 1.29 bits per heavy atom. The topological polar surface area (TPSA) is 60.8 Å². The van der Waals surface area contributed by atoms with E-state index < -0.39 is 6.04 Å². The van der Waals surface area contributed by atoms with Gasteiger partial charge in [-0.1, -0.05) is 19.8 Å². The van der Waals surface area contributed by atoms with Gasteiger partial charge in [0.25, 0.3) is 0 Å². The Balaban J connectivity index is 3.84. The van der Waals surface area contributed by atoms with Crippen LogP contribution in [-0.4, -0.2) is 47.3 Å². The van der Waals surface area contributed by atoms with Gasteiger partial charge < -0.3 is 15.1 Å². The Bertz CT molecular complexity index is 157. The van der Waals surface area contributed by atoms with Gasteiger partial charge in [-0.05, 0) is 6.42 Å². The second-order valence-electron chi connectivity index (χ2n) is 3.48. The number of carbonyl (C=O) groups excluding carboxylic acids is 1. The van der Waals surface area contributed by atoms with E-state index in [2.05, 4.69) is 6.92 Å². The predicted molar refractivity (Wildman–Crippen MR) is 54.9 cm³/mol. The molecule has 4 nitrogen and oxygen atoms in total. The van der Waals surface area contributed by atoms with Crippen LogP contribution in [0.15, 0.2) is 0 Å². The quantitative estimate of drug-likeness (QED) is 0.588. The Morgan fingerprint density at radius 2 is 1.86 bits per heavy atom. The van der Waals surface area contributed by atoms with Gasteiger partial charge in [0.1, 0.15) is 0 Å². The second-order valence-corrected chi connectivity index (χ2v) is 3.48. The van der Waals surface area contributed by atoms with Crippen LogP contribution < -0.4 is 0 Å². The molecule has 14 heavy (non-hydrogen) atoms. The van der Waals surface area contributed by atoms with Crippen molar-refractivity contribution in [1.29, 1.82) is 0 Å². The van der Waals surface area contributed by atoms with E-state index in [-0.39, 0.29) is 19.1 Å². The summed E-state index contributed by atoms with van der Waals surface area (Å²) >= 11 is 0. The molecule has 0 unspecified atom stereocenters. The molecule has 0 radical (unpaired) electrons. The number of unbranched alkanes of at least 4 members (excludes halogenated alkanes) is 2. The zero-order valence-electron chi connectivity index (χ0n) is 9.07. The molecule has 4 heteroatoms. The van der Waals surface area contributed by atoms with Crippen molar-refractivity contribution in [3.05, 3.63) is 0 Å². The molecule has 0 saturated carbocycles. The van der Waals surface area contributed by atoms with E-state index in [1.54, 1.807) is 7.05 Å². The van der Waals surface area contributed by atoms with Gasteiger partial charge in [-0.2, -0.15) is 0 Å². The van der Waals surface area contributed by atoms with E-state index in [1.165, 1.54) is 4.90 Å². The third kappa shape index (κ3) is 4.58. The smallest absolute Gasteiger partial charge is 0.222 e. The molecule has 0 rings (SSSR count). The van der Waals surface area contributed by atoms with Crippen LogP contribution in [0.4, 0.5) is 0 Å². The van der Waals surface area contributed by atoms with Gasteiger partial charge in [0.15, 0.2) is 0 Å². The number of hydrogen-bond acceptors (Lipinski definition) is 3. The minimum absolute atomic E-state index is 0.00782. The maximum Gasteiger partial charge on any atom is 0.222 e. The highest BCUT2D eigenvalue weighted by atomic mass is 16.3. The summed E-state index contributed by atoms with van der Waals surface area (Å²) in [5, 5.41) is 17.7. The lowest BCUT2D eigenvalue weighted by Crippen LogP contribution is -2.41. The minimum Gasteiger partial charge on any atom is -0.394 e. The number of aliphatic hydroxyl groups excluding tert-OH is 2. The summed E-state index contributed by atoms with van der Waals surface area (Å²) < 4.78 is 0. The van der Waals surface area contributed by atoms with Crippen molar-refractivity contribution < 1.29 is 15.0 Å². The molecule has 0 aliphatic rings. The van der Waals surface area contributed by atoms with Crippen molar-refractivity contribution in [3.63, 3.8) is 0 Å². The molecule has 2 N–H and O–H groups in total. The highest BCUT2D eigenvalue weighted by Crippen LogP contribution is 2.04. The van der Waals surface area contributed by atoms with Crippen molar-refractivity contribution in [2.75, 3.05) is 20.3 Å². The molecule has 0 aromatic heterocycles. The predicted octanol–water partition coefficient (Wildman–Crippen LogP) is 0.378. The average Bonchev–Trinajstić information content (AvgIpc) is 2.19. The van der Waals surface area contributed by atoms with Gasteiger partial charge in [0.2, 0.25) is 5.91 Å². The molecule has 0 aliphatic carbocycles. The number of nitrogens with zero attached hydrogens (tertiary/aromatic N) is 1. The first-order valence-corrected chi connectivity index (χ1v) is 5.14. The van der Waals surface area contributed by atoms with E-state index in [0.717, 1.165) is 19.3 Å². The molecule has 0 heterocycles. The molecule has 0 saturated heterocycles. The standard InChI is InChI=1S/C10H21NO3/c1-3-4-5-6-10(14)11(2)9(7-12)8-13/h9,12-13H,3-8H2,1-2H3. The number of hydrogen-bond donors (Lipinski definition) is 2. The Morgan fingerprint density at radius 3 is 2.29 bits per heavy atom. The van der Waals surface area contributed by atoms with Gasteiger partial charge in [-0.3, -0.25) is 4.79 Å². The fourth-order valence-electron chi connectivity index (χ4n) is 1.21. The van der Waals surface area contributed by atoms with E-state index in [9.17, 15) is 4.79 Å². The van der Waals surface area contributed by atoms with Crippen molar-refractivity contribution in [2.45, 2.75) is 38.6 Å². The van der Waals surface area contributed by atoms with Crippen LogP contribution in [0.5, 0.6) is 0 Å². The SMILES string of the molecule is CCCCCC(=O)N(C)C(CO)CO. The van der Waals surface area contributed by atoms with Crippen LogP contribution in [0.25, 0.3) is 0 Å². The summed E-state index contributed by atoms with van der Waals surface area (Å²) in [6, 6.07) is -0.455. The summed E-state index contributed by atoms with van der Waals surface area (Å²) in [5.74, 6) is -0.00782. The molecule has 84 valence electrons. The van der Waals surface area contributed by atoms with Gasteiger partial charge in [0.05, 0.1) is 19.3 Å². The van der Waals surface area contributed by atoms with Crippen LogP contribution in [-0.2, 0) is 4.79 Å². The highest BCUT2D eigenvalue weighted by molar-refractivity contribution is 5.76. The van der Waals surface area contributed by atoms with Crippen molar-refractivity contribution >= 4 is 5.91 Å². The summed E-state index contributed by atoms with van der Waals surface area (Å²) in [5.41, 5.74) is 0. The average molecular weight is 203 g/mol. The molecule has 0 aliphatic heterocycles. The van der Waals surface area contributed by atoms with Crippen LogP contribution in [0.2, 0.25) is 0 Å². The molecule has 0 bridgehead atoms. The lowest BCUT2D eigenvalue weighted by atomic mass is 10.2. The fraction of sp³-hybridized carbons (Fsp3) is 0.900. The number of amides is 1. The maximum atomic E-state index is 11.5. The van der Waals surface area contributed by atoms with Gasteiger partial charge in [-0.15, -0.1) is 0 Å². The molecule has 0 atom stereocenters. The Labute approximate surface area is 85.5 Å². The first kappa shape index (κ1) is 13.4. The molecule has 0 aromatic rings. The Hall–Kier alpha value is -0.610. The monoisotopic (exact) mass is 203 g/mol. The summed E-state index contributed by atoms with van der Waals surface area (Å²) in [6.45, 7) is 1.71. The van der Waals surface area contributed by atoms with Crippen molar-refractivity contribution in [3.8, 4) is 0 Å². The van der Waals surface area contributed by atoms with E-state index >= 15 is 0 Å². The number of likely N-dealkylation sites (N-methyl/N-ethyl adjacent to an activating group) is 1. The molecular formula is C10H21NO3. The summed E-state index contributed by atoms with van der Waals surface area (Å²) in [7, 11) is 1.62. The largest absolute Gasteiger partial charge is 0.394 e.